The molecule has 1 fully saturated rings. The van der Waals surface area contributed by atoms with Crippen LogP contribution < -0.4 is 10.1 Å². The number of nitrogens with one attached hydrogen (secondary N) is 2. The molecule has 3 aliphatic rings. The van der Waals surface area contributed by atoms with E-state index in [-0.39, 0.29) is 18.6 Å². The maximum Gasteiger partial charge on any atom is 0.260 e. The fraction of sp³-hybridized carbons (Fsp3) is 0.500. The first-order chi connectivity index (χ1) is 12.0. The molecule has 0 aromatic carbocycles. The summed E-state index contributed by atoms with van der Waals surface area (Å²) in [6, 6.07) is -0.181. The van der Waals surface area contributed by atoms with Gasteiger partial charge in [0.05, 0.1) is 0 Å². The smallest absolute Gasteiger partial charge is 0.260 e. The van der Waals surface area contributed by atoms with E-state index in [0.29, 0.717) is 44.3 Å². The van der Waals surface area contributed by atoms with Gasteiger partial charge in [-0.1, -0.05) is 6.58 Å². The maximum atomic E-state index is 12.2. The zero-order valence-electron chi connectivity index (χ0n) is 13.6. The molecular formula is C14H20N6O4S. The molecule has 3 rings (SSSR count). The molecule has 3 heterocycles. The van der Waals surface area contributed by atoms with Gasteiger partial charge < -0.3 is 9.64 Å². The summed E-state index contributed by atoms with van der Waals surface area (Å²) in [7, 11) is -3.45. The fourth-order valence-electron chi connectivity index (χ4n) is 2.66. The van der Waals surface area contributed by atoms with Gasteiger partial charge in [0, 0.05) is 30.6 Å². The van der Waals surface area contributed by atoms with Gasteiger partial charge in [-0.3, -0.25) is 10.2 Å². The molecule has 0 unspecified atom stereocenters. The molecule has 0 aromatic rings. The Balaban J connectivity index is 1.43. The van der Waals surface area contributed by atoms with Crippen molar-refractivity contribution in [3.05, 3.63) is 24.1 Å². The van der Waals surface area contributed by atoms with Crippen molar-refractivity contribution in [2.24, 2.45) is 10.2 Å². The van der Waals surface area contributed by atoms with Crippen LogP contribution in [0.4, 0.5) is 0 Å². The highest BCUT2D eigenvalue weighted by molar-refractivity contribution is 7.92. The molecule has 3 aliphatic heterocycles. The van der Waals surface area contributed by atoms with E-state index in [1.807, 2.05) is 0 Å². The first-order valence-corrected chi connectivity index (χ1v) is 9.41. The molecule has 0 aromatic heterocycles. The van der Waals surface area contributed by atoms with Gasteiger partial charge >= 0.3 is 0 Å². The second kappa shape index (κ2) is 7.23. The van der Waals surface area contributed by atoms with Crippen LogP contribution in [0.3, 0.4) is 0 Å². The summed E-state index contributed by atoms with van der Waals surface area (Å²) in [5, 5.41) is 10.8. The maximum absolute atomic E-state index is 12.2. The van der Waals surface area contributed by atoms with Crippen LogP contribution in [0.2, 0.25) is 0 Å². The van der Waals surface area contributed by atoms with Gasteiger partial charge in [0.2, 0.25) is 15.9 Å². The summed E-state index contributed by atoms with van der Waals surface area (Å²) >= 11 is 0. The van der Waals surface area contributed by atoms with Crippen molar-refractivity contribution < 1.29 is 17.9 Å². The lowest BCUT2D eigenvalue weighted by Gasteiger charge is -2.32. The number of sulfonamides is 1. The quantitative estimate of drug-likeness (QED) is 0.651. The van der Waals surface area contributed by atoms with Crippen LogP contribution in [0.5, 0.6) is 0 Å². The van der Waals surface area contributed by atoms with E-state index in [9.17, 15) is 13.2 Å². The van der Waals surface area contributed by atoms with Crippen LogP contribution in [-0.2, 0) is 19.6 Å². The summed E-state index contributed by atoms with van der Waals surface area (Å²) in [6.45, 7) is 4.57. The van der Waals surface area contributed by atoms with Crippen LogP contribution >= 0.6 is 0 Å². The number of likely N-dealkylation sites (tertiary alicyclic amines) is 1. The summed E-state index contributed by atoms with van der Waals surface area (Å²) < 4.78 is 30.9. The molecule has 0 aliphatic carbocycles. The van der Waals surface area contributed by atoms with E-state index >= 15 is 0 Å². The topological polar surface area (TPSA) is 116 Å². The Kier molecular flexibility index (Phi) is 5.04. The number of fused-ring (bicyclic) bond motifs is 1. The Morgan fingerprint density at radius 3 is 2.92 bits per heavy atom. The van der Waals surface area contributed by atoms with Crippen LogP contribution in [-0.4, -0.2) is 68.4 Å². The number of rotatable bonds is 5. The van der Waals surface area contributed by atoms with Crippen molar-refractivity contribution in [1.82, 2.24) is 20.1 Å². The number of nitrogens with zero attached hydrogens (tertiary/aromatic N) is 4. The number of hydrogen-bond donors (Lipinski definition) is 2. The minimum absolute atomic E-state index is 0.111. The molecule has 136 valence electrons. The highest BCUT2D eigenvalue weighted by atomic mass is 32.2. The van der Waals surface area contributed by atoms with Gasteiger partial charge in [0.25, 0.3) is 5.91 Å². The summed E-state index contributed by atoms with van der Waals surface area (Å²) in [4.78, 5) is 13.9. The third-order valence-corrected chi connectivity index (χ3v) is 5.12. The normalized spacial score (nSPS) is 20.5. The number of hydrazone groups is 2. The number of hydrogen-bond acceptors (Lipinski definition) is 8. The molecule has 0 atom stereocenters. The number of amidine groups is 1. The van der Waals surface area contributed by atoms with Crippen LogP contribution in [0.1, 0.15) is 12.8 Å². The van der Waals surface area contributed by atoms with Gasteiger partial charge in [-0.2, -0.15) is 5.10 Å². The number of amides is 1. The predicted molar refractivity (Wildman–Crippen MR) is 91.7 cm³/mol. The SMILES string of the molecule is C=CS(=O)(=O)NC1CCN(C(=O)COC2=NN3CNN=C3C=C2)CC1. The molecule has 10 nitrogen and oxygen atoms in total. The minimum atomic E-state index is -3.45. The lowest BCUT2D eigenvalue weighted by molar-refractivity contribution is -0.134. The van der Waals surface area contributed by atoms with Crippen molar-refractivity contribution in [3.63, 3.8) is 0 Å². The van der Waals surface area contributed by atoms with E-state index in [4.69, 9.17) is 4.74 Å². The summed E-state index contributed by atoms with van der Waals surface area (Å²) in [5.41, 5.74) is 2.80. The number of carbonyl (C=O) groups excluding carboxylic acids is 1. The van der Waals surface area contributed by atoms with Gasteiger partial charge in [-0.05, 0) is 18.9 Å². The third-order valence-electron chi connectivity index (χ3n) is 4.01. The number of ether oxygens (including phenoxy) is 1. The number of piperidine rings is 1. The minimum Gasteiger partial charge on any atom is -0.467 e. The van der Waals surface area contributed by atoms with Crippen molar-refractivity contribution in [1.29, 1.82) is 0 Å². The zero-order chi connectivity index (χ0) is 17.9. The average Bonchev–Trinajstić information content (AvgIpc) is 3.08. The van der Waals surface area contributed by atoms with Gasteiger partial charge in [-0.25, -0.2) is 18.1 Å². The Morgan fingerprint density at radius 1 is 1.44 bits per heavy atom. The molecule has 0 saturated carbocycles. The standard InChI is InChI=1S/C14H20N6O4S/c1-2-25(22,23)18-11-5-7-19(8-6-11)14(21)9-24-13-4-3-12-16-15-10-20(12)17-13/h2-4,11,15,18H,1,5-10H2. The van der Waals surface area contributed by atoms with Crippen molar-refractivity contribution >= 4 is 27.7 Å². The van der Waals surface area contributed by atoms with Crippen LogP contribution in [0.15, 0.2) is 34.3 Å². The molecule has 2 N–H and O–H groups in total. The fourth-order valence-corrected chi connectivity index (χ4v) is 3.46. The predicted octanol–water partition coefficient (Wildman–Crippen LogP) is -0.884. The summed E-state index contributed by atoms with van der Waals surface area (Å²) in [6.07, 6.45) is 4.52. The van der Waals surface area contributed by atoms with Gasteiger partial charge in [0.1, 0.15) is 6.67 Å². The number of carbonyl (C=O) groups is 1. The molecule has 0 spiro atoms. The summed E-state index contributed by atoms with van der Waals surface area (Å²) in [5.74, 6) is 0.896. The van der Waals surface area contributed by atoms with Crippen molar-refractivity contribution in [2.45, 2.75) is 18.9 Å². The second-order valence-corrected chi connectivity index (χ2v) is 7.39. The van der Waals surface area contributed by atoms with Crippen molar-refractivity contribution in [2.75, 3.05) is 26.4 Å². The molecule has 11 heteroatoms. The van der Waals surface area contributed by atoms with Crippen LogP contribution in [0.25, 0.3) is 0 Å². The molecular weight excluding hydrogens is 348 g/mol. The Labute approximate surface area is 145 Å². The molecule has 1 amide bonds. The van der Waals surface area contributed by atoms with E-state index < -0.39 is 10.0 Å². The first-order valence-electron chi connectivity index (χ1n) is 7.87. The Bertz CT molecular complexity index is 736. The second-order valence-electron chi connectivity index (χ2n) is 5.73. The molecule has 25 heavy (non-hydrogen) atoms. The van der Waals surface area contributed by atoms with E-state index in [2.05, 4.69) is 26.9 Å². The highest BCUT2D eigenvalue weighted by Crippen LogP contribution is 2.12. The lowest BCUT2D eigenvalue weighted by Crippen LogP contribution is -2.47. The van der Waals surface area contributed by atoms with E-state index in [0.717, 1.165) is 5.41 Å². The van der Waals surface area contributed by atoms with Gasteiger partial charge in [0.15, 0.2) is 12.4 Å². The molecule has 1 saturated heterocycles. The first kappa shape index (κ1) is 17.4. The Hall–Kier alpha value is -2.40. The highest BCUT2D eigenvalue weighted by Gasteiger charge is 2.26. The lowest BCUT2D eigenvalue weighted by atomic mass is 10.1. The largest absolute Gasteiger partial charge is 0.467 e. The zero-order valence-corrected chi connectivity index (χ0v) is 14.4. The average molecular weight is 368 g/mol. The molecule has 0 radical (unpaired) electrons. The Morgan fingerprint density at radius 2 is 2.20 bits per heavy atom. The van der Waals surface area contributed by atoms with Crippen LogP contribution in [0, 0.1) is 0 Å². The monoisotopic (exact) mass is 368 g/mol. The molecule has 0 bridgehead atoms. The van der Waals surface area contributed by atoms with Gasteiger partial charge in [-0.15, -0.1) is 5.10 Å². The third kappa shape index (κ3) is 4.37. The van der Waals surface area contributed by atoms with Crippen molar-refractivity contribution in [3.8, 4) is 0 Å². The van der Waals surface area contributed by atoms with E-state index in [1.165, 1.54) is 0 Å². The van der Waals surface area contributed by atoms with E-state index in [1.54, 1.807) is 22.1 Å².